The fourth-order valence-electron chi connectivity index (χ4n) is 1.51. The summed E-state index contributed by atoms with van der Waals surface area (Å²) in [5.74, 6) is -0.421. The van der Waals surface area contributed by atoms with E-state index in [0.717, 1.165) is 0 Å². The summed E-state index contributed by atoms with van der Waals surface area (Å²) in [6.45, 7) is 0. The average molecular weight is 232 g/mol. The van der Waals surface area contributed by atoms with Crippen molar-refractivity contribution in [3.05, 3.63) is 58.9 Å². The van der Waals surface area contributed by atoms with Crippen molar-refractivity contribution >= 4 is 11.6 Å². The maximum absolute atomic E-state index is 13.7. The molecule has 16 heavy (non-hydrogen) atoms. The van der Waals surface area contributed by atoms with E-state index in [2.05, 4.69) is 0 Å². The molecule has 2 rings (SSSR count). The molecule has 0 amide bonds. The molecule has 0 bridgehead atoms. The molecule has 2 aromatic carbocycles. The predicted molar refractivity (Wildman–Crippen MR) is 61.6 cm³/mol. The molecule has 0 aliphatic rings. The van der Waals surface area contributed by atoms with Gasteiger partial charge in [-0.05, 0) is 17.7 Å². The first kappa shape index (κ1) is 10.7. The van der Waals surface area contributed by atoms with Crippen molar-refractivity contribution in [2.75, 3.05) is 0 Å². The number of halogens is 2. The molecule has 3 heteroatoms. The fourth-order valence-corrected chi connectivity index (χ4v) is 1.81. The number of hydrogen-bond acceptors (Lipinski definition) is 1. The summed E-state index contributed by atoms with van der Waals surface area (Å²) in [5, 5.41) is 8.98. The Bertz CT molecular complexity index is 558. The molecule has 0 atom stereocenters. The Hall–Kier alpha value is -1.85. The van der Waals surface area contributed by atoms with Crippen LogP contribution in [0, 0.1) is 17.1 Å². The van der Waals surface area contributed by atoms with Gasteiger partial charge in [0.1, 0.15) is 11.9 Å². The van der Waals surface area contributed by atoms with Gasteiger partial charge in [-0.2, -0.15) is 5.26 Å². The van der Waals surface area contributed by atoms with E-state index in [1.54, 1.807) is 24.3 Å². The van der Waals surface area contributed by atoms with Crippen molar-refractivity contribution in [1.29, 1.82) is 5.26 Å². The van der Waals surface area contributed by atoms with Crippen LogP contribution < -0.4 is 0 Å². The Labute approximate surface area is 97.7 Å². The Morgan fingerprint density at radius 3 is 2.38 bits per heavy atom. The molecule has 0 saturated carbocycles. The number of rotatable bonds is 1. The van der Waals surface area contributed by atoms with E-state index in [-0.39, 0.29) is 16.1 Å². The monoisotopic (exact) mass is 231 g/mol. The summed E-state index contributed by atoms with van der Waals surface area (Å²) >= 11 is 5.99. The van der Waals surface area contributed by atoms with Crippen molar-refractivity contribution in [2.24, 2.45) is 0 Å². The lowest BCUT2D eigenvalue weighted by atomic mass is 10.0. The van der Waals surface area contributed by atoms with Crippen molar-refractivity contribution in [3.8, 4) is 17.2 Å². The van der Waals surface area contributed by atoms with Crippen molar-refractivity contribution < 1.29 is 4.39 Å². The first-order chi connectivity index (χ1) is 7.74. The number of nitriles is 1. The van der Waals surface area contributed by atoms with E-state index < -0.39 is 5.82 Å². The molecule has 1 nitrogen and oxygen atoms in total. The quantitative estimate of drug-likeness (QED) is 0.727. The predicted octanol–water partition coefficient (Wildman–Crippen LogP) is 4.02. The average Bonchev–Trinajstić information content (AvgIpc) is 2.31. The molecule has 0 heterocycles. The largest absolute Gasteiger partial charge is 0.206 e. The van der Waals surface area contributed by atoms with Crippen molar-refractivity contribution in [1.82, 2.24) is 0 Å². The van der Waals surface area contributed by atoms with E-state index in [1.807, 2.05) is 12.1 Å². The molecule has 0 spiro atoms. The lowest BCUT2D eigenvalue weighted by Crippen LogP contribution is -1.89. The lowest BCUT2D eigenvalue weighted by Gasteiger charge is -2.07. The first-order valence-electron chi connectivity index (χ1n) is 4.67. The van der Waals surface area contributed by atoms with Gasteiger partial charge in [0, 0.05) is 5.56 Å². The maximum Gasteiger partial charge on any atom is 0.132 e. The van der Waals surface area contributed by atoms with Gasteiger partial charge in [-0.25, -0.2) is 4.39 Å². The molecule has 2 aromatic rings. The topological polar surface area (TPSA) is 23.8 Å². The Balaban J connectivity index is 2.70. The summed E-state index contributed by atoms with van der Waals surface area (Å²) < 4.78 is 13.7. The highest BCUT2D eigenvalue weighted by atomic mass is 35.5. The standard InChI is InChI=1S/C13H7ClFN/c14-13-10(8-16)6-7-11(15)12(13)9-4-2-1-3-5-9/h1-7H. The zero-order valence-electron chi connectivity index (χ0n) is 8.24. The third kappa shape index (κ3) is 1.78. The van der Waals surface area contributed by atoms with Gasteiger partial charge in [-0.1, -0.05) is 41.9 Å². The summed E-state index contributed by atoms with van der Waals surface area (Å²) in [5.41, 5.74) is 1.23. The SMILES string of the molecule is N#Cc1ccc(F)c(-c2ccccc2)c1Cl. The van der Waals surface area contributed by atoms with Crippen LogP contribution in [0.15, 0.2) is 42.5 Å². The molecular formula is C13H7ClFN. The van der Waals surface area contributed by atoms with Crippen molar-refractivity contribution in [2.45, 2.75) is 0 Å². The normalized spacial score (nSPS) is 9.81. The van der Waals surface area contributed by atoms with Crippen LogP contribution in [0.3, 0.4) is 0 Å². The molecule has 0 radical (unpaired) electrons. The third-order valence-electron chi connectivity index (χ3n) is 2.27. The van der Waals surface area contributed by atoms with E-state index in [9.17, 15) is 4.39 Å². The van der Waals surface area contributed by atoms with Gasteiger partial charge in [-0.3, -0.25) is 0 Å². The van der Waals surface area contributed by atoms with Crippen LogP contribution in [0.1, 0.15) is 5.56 Å². The summed E-state index contributed by atoms with van der Waals surface area (Å²) in [7, 11) is 0. The molecule has 0 unspecified atom stereocenters. The van der Waals surface area contributed by atoms with Crippen LogP contribution in [0.4, 0.5) is 4.39 Å². The van der Waals surface area contributed by atoms with Gasteiger partial charge in [-0.15, -0.1) is 0 Å². The van der Waals surface area contributed by atoms with E-state index in [4.69, 9.17) is 16.9 Å². The van der Waals surface area contributed by atoms with E-state index >= 15 is 0 Å². The molecule has 0 aliphatic carbocycles. The summed E-state index contributed by atoms with van der Waals surface area (Å²) in [4.78, 5) is 0. The second-order valence-corrected chi connectivity index (χ2v) is 3.64. The highest BCUT2D eigenvalue weighted by Crippen LogP contribution is 2.32. The van der Waals surface area contributed by atoms with Gasteiger partial charge in [0.15, 0.2) is 0 Å². The van der Waals surface area contributed by atoms with Gasteiger partial charge < -0.3 is 0 Å². The molecule has 0 aromatic heterocycles. The zero-order valence-corrected chi connectivity index (χ0v) is 9.00. The minimum atomic E-state index is -0.421. The molecule has 0 N–H and O–H groups in total. The molecule has 0 fully saturated rings. The van der Waals surface area contributed by atoms with Gasteiger partial charge >= 0.3 is 0 Å². The van der Waals surface area contributed by atoms with Crippen LogP contribution >= 0.6 is 11.6 Å². The highest BCUT2D eigenvalue weighted by Gasteiger charge is 2.13. The van der Waals surface area contributed by atoms with Crippen LogP contribution in [-0.2, 0) is 0 Å². The zero-order chi connectivity index (χ0) is 11.5. The van der Waals surface area contributed by atoms with Crippen LogP contribution in [0.25, 0.3) is 11.1 Å². The number of nitrogens with zero attached hydrogens (tertiary/aromatic N) is 1. The van der Waals surface area contributed by atoms with E-state index in [0.29, 0.717) is 5.56 Å². The summed E-state index contributed by atoms with van der Waals surface area (Å²) in [6.07, 6.45) is 0. The smallest absolute Gasteiger partial charge is 0.132 e. The lowest BCUT2D eigenvalue weighted by molar-refractivity contribution is 0.631. The summed E-state index contributed by atoms with van der Waals surface area (Å²) in [6, 6.07) is 13.5. The molecule has 78 valence electrons. The minimum absolute atomic E-state index is 0.161. The maximum atomic E-state index is 13.7. The Kier molecular flexibility index (Phi) is 2.89. The molecule has 0 saturated heterocycles. The molecular weight excluding hydrogens is 225 g/mol. The first-order valence-corrected chi connectivity index (χ1v) is 5.05. The van der Waals surface area contributed by atoms with Crippen LogP contribution in [-0.4, -0.2) is 0 Å². The second kappa shape index (κ2) is 4.34. The number of benzene rings is 2. The third-order valence-corrected chi connectivity index (χ3v) is 2.67. The van der Waals surface area contributed by atoms with Gasteiger partial charge in [0.2, 0.25) is 0 Å². The van der Waals surface area contributed by atoms with Crippen LogP contribution in [0.5, 0.6) is 0 Å². The van der Waals surface area contributed by atoms with Gasteiger partial charge in [0.25, 0.3) is 0 Å². The van der Waals surface area contributed by atoms with Crippen LogP contribution in [0.2, 0.25) is 5.02 Å². The van der Waals surface area contributed by atoms with E-state index in [1.165, 1.54) is 12.1 Å². The van der Waals surface area contributed by atoms with Crippen molar-refractivity contribution in [3.63, 3.8) is 0 Å². The Morgan fingerprint density at radius 2 is 1.75 bits per heavy atom. The minimum Gasteiger partial charge on any atom is -0.206 e. The highest BCUT2D eigenvalue weighted by molar-refractivity contribution is 6.34. The molecule has 0 aliphatic heterocycles. The second-order valence-electron chi connectivity index (χ2n) is 3.26. The fraction of sp³-hybridized carbons (Fsp3) is 0. The number of hydrogen-bond donors (Lipinski definition) is 0. The van der Waals surface area contributed by atoms with Gasteiger partial charge in [0.05, 0.1) is 10.6 Å². The Morgan fingerprint density at radius 1 is 1.06 bits per heavy atom.